The van der Waals surface area contributed by atoms with Gasteiger partial charge in [0, 0.05) is 5.56 Å². The van der Waals surface area contributed by atoms with Crippen LogP contribution in [0.15, 0.2) is 18.2 Å². The molecule has 0 saturated carbocycles. The molecule has 2 rings (SSSR count). The van der Waals surface area contributed by atoms with Crippen LogP contribution in [0.25, 0.3) is 0 Å². The van der Waals surface area contributed by atoms with Crippen LogP contribution in [0.5, 0.6) is 11.5 Å². The molecule has 0 bridgehead atoms. The van der Waals surface area contributed by atoms with Crippen molar-refractivity contribution in [3.05, 3.63) is 23.8 Å². The summed E-state index contributed by atoms with van der Waals surface area (Å²) in [6, 6.07) is 4.70. The van der Waals surface area contributed by atoms with Gasteiger partial charge in [-0.3, -0.25) is 9.69 Å². The Hall–Kier alpha value is -1.75. The number of carbonyl (C=O) groups is 1. The third kappa shape index (κ3) is 2.88. The summed E-state index contributed by atoms with van der Waals surface area (Å²) in [6.45, 7) is 1.61. The van der Waals surface area contributed by atoms with Crippen LogP contribution in [0.4, 0.5) is 0 Å². The zero-order valence-electron chi connectivity index (χ0n) is 12.0. The van der Waals surface area contributed by atoms with Crippen LogP contribution in [0.2, 0.25) is 0 Å². The normalized spacial score (nSPS) is 17.5. The number of carboxylic acids is 1. The summed E-state index contributed by atoms with van der Waals surface area (Å²) in [4.78, 5) is 13.7. The molecule has 0 unspecified atom stereocenters. The predicted molar refractivity (Wildman–Crippen MR) is 75.3 cm³/mol. The molecule has 20 heavy (non-hydrogen) atoms. The smallest absolute Gasteiger partial charge is 0.325 e. The lowest BCUT2D eigenvalue weighted by Crippen LogP contribution is -2.38. The molecular formula is C15H21NO4. The first-order valence-corrected chi connectivity index (χ1v) is 6.86. The van der Waals surface area contributed by atoms with E-state index in [2.05, 4.69) is 0 Å². The number of methoxy groups -OCH3 is 2. The highest BCUT2D eigenvalue weighted by Crippen LogP contribution is 2.37. The predicted octanol–water partition coefficient (Wildman–Crippen LogP) is 2.32. The quantitative estimate of drug-likeness (QED) is 0.896. The van der Waals surface area contributed by atoms with Gasteiger partial charge in [-0.15, -0.1) is 0 Å². The second-order valence-corrected chi connectivity index (χ2v) is 4.92. The standard InChI is InChI=1S/C15H21NO4/c1-19-12-8-6-7-11(14(12)20-2)13(15(17)18)16-9-4-3-5-10-16/h6-8,13H,3-5,9-10H2,1-2H3,(H,17,18)/t13-/m1/s1. The molecule has 0 aliphatic carbocycles. The summed E-state index contributed by atoms with van der Waals surface area (Å²) >= 11 is 0. The summed E-state index contributed by atoms with van der Waals surface area (Å²) < 4.78 is 10.6. The number of rotatable bonds is 5. The van der Waals surface area contributed by atoms with Crippen LogP contribution in [0.3, 0.4) is 0 Å². The van der Waals surface area contributed by atoms with E-state index in [0.29, 0.717) is 17.1 Å². The number of aliphatic carboxylic acids is 1. The average molecular weight is 279 g/mol. The lowest BCUT2D eigenvalue weighted by molar-refractivity contribution is -0.144. The van der Waals surface area contributed by atoms with Crippen LogP contribution >= 0.6 is 0 Å². The minimum absolute atomic E-state index is 0.507. The highest BCUT2D eigenvalue weighted by atomic mass is 16.5. The Morgan fingerprint density at radius 1 is 1.20 bits per heavy atom. The SMILES string of the molecule is COc1cccc([C@H](C(=O)O)N2CCCCC2)c1OC. The number of carboxylic acid groups (broad SMARTS) is 1. The van der Waals surface area contributed by atoms with E-state index in [4.69, 9.17) is 9.47 Å². The molecule has 1 atom stereocenters. The van der Waals surface area contributed by atoms with Gasteiger partial charge in [-0.1, -0.05) is 18.6 Å². The number of para-hydroxylation sites is 1. The van der Waals surface area contributed by atoms with Crippen molar-refractivity contribution in [2.24, 2.45) is 0 Å². The van der Waals surface area contributed by atoms with Gasteiger partial charge in [-0.2, -0.15) is 0 Å². The molecule has 1 saturated heterocycles. The van der Waals surface area contributed by atoms with Gasteiger partial charge in [0.15, 0.2) is 11.5 Å². The first kappa shape index (κ1) is 14.7. The summed E-state index contributed by atoms with van der Waals surface area (Å²) in [6.07, 6.45) is 3.24. The Labute approximate surface area is 119 Å². The zero-order chi connectivity index (χ0) is 14.5. The van der Waals surface area contributed by atoms with E-state index < -0.39 is 12.0 Å². The van der Waals surface area contributed by atoms with Crippen LogP contribution in [-0.4, -0.2) is 43.3 Å². The fourth-order valence-corrected chi connectivity index (χ4v) is 2.79. The number of hydrogen-bond acceptors (Lipinski definition) is 4. The molecule has 1 aliphatic heterocycles. The highest BCUT2D eigenvalue weighted by molar-refractivity contribution is 5.77. The number of hydrogen-bond donors (Lipinski definition) is 1. The Balaban J connectivity index is 2.40. The summed E-state index contributed by atoms with van der Waals surface area (Å²) in [5.74, 6) is 0.222. The van der Waals surface area contributed by atoms with E-state index in [1.54, 1.807) is 25.3 Å². The van der Waals surface area contributed by atoms with E-state index in [9.17, 15) is 9.90 Å². The number of piperidine rings is 1. The maximum Gasteiger partial charge on any atom is 0.325 e. The molecule has 0 radical (unpaired) electrons. The third-order valence-electron chi connectivity index (χ3n) is 3.72. The van der Waals surface area contributed by atoms with E-state index in [-0.39, 0.29) is 0 Å². The van der Waals surface area contributed by atoms with Crippen molar-refractivity contribution in [2.75, 3.05) is 27.3 Å². The Kier molecular flexibility index (Phi) is 4.84. The van der Waals surface area contributed by atoms with E-state index in [1.807, 2.05) is 4.90 Å². The zero-order valence-corrected chi connectivity index (χ0v) is 12.0. The molecular weight excluding hydrogens is 258 g/mol. The molecule has 1 aliphatic rings. The first-order valence-electron chi connectivity index (χ1n) is 6.86. The Bertz CT molecular complexity index is 469. The minimum Gasteiger partial charge on any atom is -0.493 e. The Morgan fingerprint density at radius 3 is 2.45 bits per heavy atom. The lowest BCUT2D eigenvalue weighted by atomic mass is 10.0. The van der Waals surface area contributed by atoms with Gasteiger partial charge < -0.3 is 14.6 Å². The number of likely N-dealkylation sites (tertiary alicyclic amines) is 1. The van der Waals surface area contributed by atoms with Crippen LogP contribution in [-0.2, 0) is 4.79 Å². The molecule has 0 aromatic heterocycles. The number of benzene rings is 1. The largest absolute Gasteiger partial charge is 0.493 e. The van der Waals surface area contributed by atoms with E-state index in [0.717, 1.165) is 32.4 Å². The van der Waals surface area contributed by atoms with Crippen molar-refractivity contribution in [3.8, 4) is 11.5 Å². The molecule has 0 spiro atoms. The fraction of sp³-hybridized carbons (Fsp3) is 0.533. The van der Waals surface area contributed by atoms with Gasteiger partial charge in [0.25, 0.3) is 0 Å². The maximum absolute atomic E-state index is 11.7. The molecule has 1 aromatic carbocycles. The molecule has 1 fully saturated rings. The third-order valence-corrected chi connectivity index (χ3v) is 3.72. The van der Waals surface area contributed by atoms with Gasteiger partial charge >= 0.3 is 5.97 Å². The van der Waals surface area contributed by atoms with Crippen molar-refractivity contribution in [2.45, 2.75) is 25.3 Å². The first-order chi connectivity index (χ1) is 9.69. The molecule has 1 N–H and O–H groups in total. The highest BCUT2D eigenvalue weighted by Gasteiger charge is 2.31. The van der Waals surface area contributed by atoms with Gasteiger partial charge in [0.05, 0.1) is 14.2 Å². The van der Waals surface area contributed by atoms with Crippen LogP contribution < -0.4 is 9.47 Å². The van der Waals surface area contributed by atoms with Crippen molar-refractivity contribution in [3.63, 3.8) is 0 Å². The van der Waals surface area contributed by atoms with E-state index in [1.165, 1.54) is 7.11 Å². The summed E-state index contributed by atoms with van der Waals surface area (Å²) in [7, 11) is 3.09. The molecule has 0 amide bonds. The molecule has 110 valence electrons. The number of ether oxygens (including phenoxy) is 2. The van der Waals surface area contributed by atoms with Gasteiger partial charge in [0.1, 0.15) is 6.04 Å². The summed E-state index contributed by atoms with van der Waals surface area (Å²) in [5.41, 5.74) is 0.654. The van der Waals surface area contributed by atoms with E-state index >= 15 is 0 Å². The molecule has 5 nitrogen and oxygen atoms in total. The topological polar surface area (TPSA) is 59.0 Å². The van der Waals surface area contributed by atoms with Gasteiger partial charge in [-0.05, 0) is 32.0 Å². The van der Waals surface area contributed by atoms with Gasteiger partial charge in [0.2, 0.25) is 0 Å². The Morgan fingerprint density at radius 2 is 1.90 bits per heavy atom. The second-order valence-electron chi connectivity index (χ2n) is 4.92. The molecule has 1 aromatic rings. The summed E-state index contributed by atoms with van der Waals surface area (Å²) in [5, 5.41) is 9.62. The van der Waals surface area contributed by atoms with Crippen molar-refractivity contribution in [1.29, 1.82) is 0 Å². The van der Waals surface area contributed by atoms with Crippen LogP contribution in [0, 0.1) is 0 Å². The monoisotopic (exact) mass is 279 g/mol. The fourth-order valence-electron chi connectivity index (χ4n) is 2.79. The average Bonchev–Trinajstić information content (AvgIpc) is 2.48. The van der Waals surface area contributed by atoms with Gasteiger partial charge in [-0.25, -0.2) is 0 Å². The van der Waals surface area contributed by atoms with Crippen molar-refractivity contribution < 1.29 is 19.4 Å². The van der Waals surface area contributed by atoms with Crippen molar-refractivity contribution in [1.82, 2.24) is 4.90 Å². The lowest BCUT2D eigenvalue weighted by Gasteiger charge is -2.33. The minimum atomic E-state index is -0.849. The maximum atomic E-state index is 11.7. The van der Waals surface area contributed by atoms with Crippen molar-refractivity contribution >= 4 is 5.97 Å². The number of nitrogens with zero attached hydrogens (tertiary/aromatic N) is 1. The molecule has 1 heterocycles. The molecule has 5 heteroatoms. The second kappa shape index (κ2) is 6.61. The van der Waals surface area contributed by atoms with Crippen LogP contribution in [0.1, 0.15) is 30.9 Å².